The zero-order valence-corrected chi connectivity index (χ0v) is 23.8. The molecule has 0 saturated heterocycles. The highest BCUT2D eigenvalue weighted by Gasteiger charge is 1.96. The Morgan fingerprint density at radius 1 is 0.486 bits per heavy atom. The van der Waals surface area contributed by atoms with Crippen LogP contribution in [0.3, 0.4) is 0 Å². The topological polar surface area (TPSA) is 27.7 Å². The molecule has 1 rings (SSSR count). The summed E-state index contributed by atoms with van der Waals surface area (Å²) in [5.41, 5.74) is 1.38. The van der Waals surface area contributed by atoms with Crippen LogP contribution in [0, 0.1) is 0 Å². The molecular formula is C31H56O3S. The molecule has 4 heteroatoms. The maximum atomic E-state index is 5.69. The van der Waals surface area contributed by atoms with Crippen molar-refractivity contribution in [2.75, 3.05) is 45.4 Å². The van der Waals surface area contributed by atoms with Crippen molar-refractivity contribution in [3.8, 4) is 0 Å². The summed E-state index contributed by atoms with van der Waals surface area (Å²) in [5, 5.41) is 0. The maximum absolute atomic E-state index is 5.69. The summed E-state index contributed by atoms with van der Waals surface area (Å²) >= 11 is 1.91. The Hall–Kier alpha value is -0.550. The molecule has 0 atom stereocenters. The van der Waals surface area contributed by atoms with E-state index >= 15 is 0 Å². The molecule has 1 aromatic rings. The number of hydrogen-bond acceptors (Lipinski definition) is 4. The average Bonchev–Trinajstić information content (AvgIpc) is 2.89. The summed E-state index contributed by atoms with van der Waals surface area (Å²) in [6, 6.07) is 10.6. The van der Waals surface area contributed by atoms with E-state index in [0.717, 1.165) is 24.7 Å². The lowest BCUT2D eigenvalue weighted by Crippen LogP contribution is -2.10. The highest BCUT2D eigenvalue weighted by molar-refractivity contribution is 7.98. The van der Waals surface area contributed by atoms with E-state index in [0.29, 0.717) is 26.4 Å². The summed E-state index contributed by atoms with van der Waals surface area (Å²) < 4.78 is 16.9. The quantitative estimate of drug-likeness (QED) is 0.105. The van der Waals surface area contributed by atoms with Crippen LogP contribution in [0.25, 0.3) is 0 Å². The van der Waals surface area contributed by atoms with Crippen LogP contribution in [0.2, 0.25) is 0 Å². The van der Waals surface area contributed by atoms with Gasteiger partial charge in [-0.25, -0.2) is 0 Å². The molecule has 0 fully saturated rings. The molecule has 0 spiro atoms. The van der Waals surface area contributed by atoms with Gasteiger partial charge in [0.25, 0.3) is 0 Å². The van der Waals surface area contributed by atoms with Gasteiger partial charge in [-0.05, 0) is 12.0 Å². The lowest BCUT2D eigenvalue weighted by Gasteiger charge is -2.07. The third kappa shape index (κ3) is 24.9. The second kappa shape index (κ2) is 28.0. The molecule has 0 aliphatic rings. The summed E-state index contributed by atoms with van der Waals surface area (Å²) in [5.74, 6) is 2.08. The van der Waals surface area contributed by atoms with Crippen molar-refractivity contribution in [1.29, 1.82) is 0 Å². The van der Waals surface area contributed by atoms with Crippen molar-refractivity contribution in [3.63, 3.8) is 0 Å². The minimum absolute atomic E-state index is 0.658. The number of ether oxygens (including phenoxy) is 3. The molecule has 0 aliphatic heterocycles. The van der Waals surface area contributed by atoms with E-state index in [-0.39, 0.29) is 0 Å². The van der Waals surface area contributed by atoms with Crippen LogP contribution in [0.4, 0.5) is 0 Å². The molecule has 35 heavy (non-hydrogen) atoms. The normalized spacial score (nSPS) is 11.3. The maximum Gasteiger partial charge on any atom is 0.0701 e. The number of unbranched alkanes of at least 4 members (excludes halogenated alkanes) is 15. The van der Waals surface area contributed by atoms with Crippen LogP contribution in [0.1, 0.15) is 115 Å². The van der Waals surface area contributed by atoms with Gasteiger partial charge in [-0.3, -0.25) is 0 Å². The van der Waals surface area contributed by atoms with Crippen LogP contribution in [-0.2, 0) is 20.0 Å². The molecule has 1 aromatic carbocycles. The van der Waals surface area contributed by atoms with Crippen LogP contribution >= 0.6 is 11.8 Å². The number of hydrogen-bond donors (Lipinski definition) is 0. The zero-order chi connectivity index (χ0) is 24.9. The summed E-state index contributed by atoms with van der Waals surface area (Å²) in [4.78, 5) is 0. The Bertz CT molecular complexity index is 511. The van der Waals surface area contributed by atoms with Crippen LogP contribution in [-0.4, -0.2) is 45.4 Å². The molecule has 0 amide bonds. The first kappa shape index (κ1) is 32.5. The molecule has 0 heterocycles. The van der Waals surface area contributed by atoms with Crippen molar-refractivity contribution in [3.05, 3.63) is 35.9 Å². The van der Waals surface area contributed by atoms with E-state index in [2.05, 4.69) is 37.3 Å². The Morgan fingerprint density at radius 2 is 0.914 bits per heavy atom. The third-order valence-electron chi connectivity index (χ3n) is 6.37. The predicted molar refractivity (Wildman–Crippen MR) is 155 cm³/mol. The molecule has 0 N–H and O–H groups in total. The standard InChI is InChI=1S/C31H56O3S/c1-2-3-4-5-6-7-8-9-10-11-12-13-14-15-16-20-23-32-24-25-33-26-27-34-28-29-35-30-31-21-18-17-19-22-31/h17-19,21-22H,2-16,20,23-30H2,1H3. The Labute approximate surface area is 222 Å². The number of thioether (sulfide) groups is 1. The fourth-order valence-electron chi connectivity index (χ4n) is 4.18. The zero-order valence-electron chi connectivity index (χ0n) is 23.0. The van der Waals surface area contributed by atoms with Crippen molar-refractivity contribution < 1.29 is 14.2 Å². The van der Waals surface area contributed by atoms with E-state index in [4.69, 9.17) is 14.2 Å². The minimum Gasteiger partial charge on any atom is -0.379 e. The van der Waals surface area contributed by atoms with Crippen molar-refractivity contribution >= 4 is 11.8 Å². The summed E-state index contributed by atoms with van der Waals surface area (Å²) in [6.45, 7) is 6.65. The van der Waals surface area contributed by atoms with Crippen molar-refractivity contribution in [2.45, 2.75) is 115 Å². The highest BCUT2D eigenvalue weighted by atomic mass is 32.2. The van der Waals surface area contributed by atoms with E-state index < -0.39 is 0 Å². The first-order valence-corrected chi connectivity index (χ1v) is 15.9. The van der Waals surface area contributed by atoms with Gasteiger partial charge in [0, 0.05) is 18.1 Å². The Kier molecular flexibility index (Phi) is 26.0. The molecule has 0 bridgehead atoms. The molecule has 0 aromatic heterocycles. The Morgan fingerprint density at radius 3 is 1.43 bits per heavy atom. The molecule has 3 nitrogen and oxygen atoms in total. The smallest absolute Gasteiger partial charge is 0.0701 e. The number of rotatable bonds is 28. The van der Waals surface area contributed by atoms with Gasteiger partial charge in [0.15, 0.2) is 0 Å². The van der Waals surface area contributed by atoms with Gasteiger partial charge in [0.05, 0.1) is 33.0 Å². The van der Waals surface area contributed by atoms with Crippen LogP contribution in [0.15, 0.2) is 30.3 Å². The molecule has 204 valence electrons. The Balaban J connectivity index is 1.63. The number of benzene rings is 1. The van der Waals surface area contributed by atoms with E-state index in [1.165, 1.54) is 108 Å². The fraction of sp³-hybridized carbons (Fsp3) is 0.806. The largest absolute Gasteiger partial charge is 0.379 e. The van der Waals surface area contributed by atoms with Crippen LogP contribution in [0.5, 0.6) is 0 Å². The fourth-order valence-corrected chi connectivity index (χ4v) is 4.98. The van der Waals surface area contributed by atoms with Gasteiger partial charge in [-0.15, -0.1) is 0 Å². The first-order valence-electron chi connectivity index (χ1n) is 14.8. The third-order valence-corrected chi connectivity index (χ3v) is 7.36. The van der Waals surface area contributed by atoms with Crippen molar-refractivity contribution in [1.82, 2.24) is 0 Å². The second-order valence-electron chi connectivity index (χ2n) is 9.68. The monoisotopic (exact) mass is 508 g/mol. The summed E-state index contributed by atoms with van der Waals surface area (Å²) in [7, 11) is 0. The minimum atomic E-state index is 0.658. The average molecular weight is 509 g/mol. The second-order valence-corrected chi connectivity index (χ2v) is 10.8. The van der Waals surface area contributed by atoms with Gasteiger partial charge < -0.3 is 14.2 Å². The molecule has 0 radical (unpaired) electrons. The molecule has 0 unspecified atom stereocenters. The van der Waals surface area contributed by atoms with E-state index in [1.54, 1.807) is 0 Å². The first-order chi connectivity index (χ1) is 17.4. The highest BCUT2D eigenvalue weighted by Crippen LogP contribution is 2.14. The predicted octanol–water partition coefficient (Wildman–Crippen LogP) is 9.23. The molecule has 0 aliphatic carbocycles. The van der Waals surface area contributed by atoms with E-state index in [1.807, 2.05) is 11.8 Å². The van der Waals surface area contributed by atoms with Crippen molar-refractivity contribution in [2.24, 2.45) is 0 Å². The van der Waals surface area contributed by atoms with Gasteiger partial charge >= 0.3 is 0 Å². The lowest BCUT2D eigenvalue weighted by atomic mass is 10.0. The van der Waals surface area contributed by atoms with Gasteiger partial charge in [-0.2, -0.15) is 11.8 Å². The van der Waals surface area contributed by atoms with Gasteiger partial charge in [-0.1, -0.05) is 134 Å². The van der Waals surface area contributed by atoms with Gasteiger partial charge in [0.2, 0.25) is 0 Å². The molecular weight excluding hydrogens is 452 g/mol. The van der Waals surface area contributed by atoms with Crippen LogP contribution < -0.4 is 0 Å². The van der Waals surface area contributed by atoms with Gasteiger partial charge in [0.1, 0.15) is 0 Å². The molecule has 0 saturated carbocycles. The lowest BCUT2D eigenvalue weighted by molar-refractivity contribution is 0.0167. The van der Waals surface area contributed by atoms with E-state index in [9.17, 15) is 0 Å². The summed E-state index contributed by atoms with van der Waals surface area (Å²) in [6.07, 6.45) is 22.5. The SMILES string of the molecule is CCCCCCCCCCCCCCCCCCOCCOCCOCCSCc1ccccc1.